The van der Waals surface area contributed by atoms with Gasteiger partial charge in [-0.05, 0) is 30.7 Å². The average Bonchev–Trinajstić information content (AvgIpc) is 2.33. The normalized spacial score (nSPS) is 12.2. The summed E-state index contributed by atoms with van der Waals surface area (Å²) in [6.07, 6.45) is 0. The average molecular weight is 290 g/mol. The lowest BCUT2D eigenvalue weighted by molar-refractivity contribution is -0.145. The van der Waals surface area contributed by atoms with E-state index in [4.69, 9.17) is 21.1 Å². The molecule has 0 aliphatic carbocycles. The number of hydrogen-bond acceptors (Lipinski definition) is 4. The summed E-state index contributed by atoms with van der Waals surface area (Å²) in [5.74, 6) is -0.967. The van der Waals surface area contributed by atoms with Crippen molar-refractivity contribution in [1.29, 1.82) is 0 Å². The summed E-state index contributed by atoms with van der Waals surface area (Å²) in [4.78, 5) is 11.9. The van der Waals surface area contributed by atoms with Crippen molar-refractivity contribution in [2.45, 2.75) is 13.0 Å². The molecule has 0 amide bonds. The fraction of sp³-hybridized carbons (Fsp3) is 0.462. The van der Waals surface area contributed by atoms with Crippen molar-refractivity contribution < 1.29 is 18.7 Å². The minimum Gasteiger partial charge on any atom is -0.465 e. The Morgan fingerprint density at radius 2 is 2.21 bits per heavy atom. The highest BCUT2D eigenvalue weighted by atomic mass is 35.5. The summed E-state index contributed by atoms with van der Waals surface area (Å²) in [5, 5.41) is 3.19. The van der Waals surface area contributed by atoms with Gasteiger partial charge in [-0.15, -0.1) is 0 Å². The molecule has 0 radical (unpaired) electrons. The van der Waals surface area contributed by atoms with Gasteiger partial charge in [0.2, 0.25) is 0 Å². The van der Waals surface area contributed by atoms with Crippen molar-refractivity contribution in [2.24, 2.45) is 0 Å². The number of hydrogen-bond donors (Lipinski definition) is 1. The molecule has 1 N–H and O–H groups in total. The highest BCUT2D eigenvalue weighted by molar-refractivity contribution is 6.30. The van der Waals surface area contributed by atoms with Gasteiger partial charge in [-0.25, -0.2) is 9.18 Å². The van der Waals surface area contributed by atoms with E-state index >= 15 is 0 Å². The number of benzene rings is 1. The van der Waals surface area contributed by atoms with Gasteiger partial charge >= 0.3 is 5.97 Å². The number of esters is 1. The molecule has 1 aromatic carbocycles. The molecule has 0 saturated heterocycles. The number of rotatable bonds is 7. The van der Waals surface area contributed by atoms with Gasteiger partial charge in [-0.2, -0.15) is 0 Å². The van der Waals surface area contributed by atoms with Gasteiger partial charge in [-0.3, -0.25) is 5.32 Å². The zero-order valence-electron chi connectivity index (χ0n) is 10.9. The van der Waals surface area contributed by atoms with Crippen LogP contribution in [0.4, 0.5) is 4.39 Å². The van der Waals surface area contributed by atoms with Crippen LogP contribution in [-0.4, -0.2) is 32.8 Å². The van der Waals surface area contributed by atoms with Crippen LogP contribution in [0.3, 0.4) is 0 Å². The van der Waals surface area contributed by atoms with Crippen LogP contribution >= 0.6 is 11.6 Å². The summed E-state index contributed by atoms with van der Waals surface area (Å²) in [6.45, 7) is 2.83. The lowest BCUT2D eigenvalue weighted by atomic mass is 10.1. The monoisotopic (exact) mass is 289 g/mol. The first-order valence-corrected chi connectivity index (χ1v) is 6.31. The summed E-state index contributed by atoms with van der Waals surface area (Å²) in [5.41, 5.74) is 0.430. The predicted molar refractivity (Wildman–Crippen MR) is 70.7 cm³/mol. The van der Waals surface area contributed by atoms with Crippen LogP contribution in [0.1, 0.15) is 18.5 Å². The largest absolute Gasteiger partial charge is 0.465 e. The highest BCUT2D eigenvalue weighted by Crippen LogP contribution is 2.21. The SMILES string of the molecule is CCOC(=O)C(NCCOC)c1cc(F)cc(Cl)c1. The Morgan fingerprint density at radius 3 is 2.79 bits per heavy atom. The van der Waals surface area contributed by atoms with Gasteiger partial charge in [0, 0.05) is 18.7 Å². The zero-order chi connectivity index (χ0) is 14.3. The van der Waals surface area contributed by atoms with Gasteiger partial charge in [-0.1, -0.05) is 11.6 Å². The molecule has 0 aromatic heterocycles. The first kappa shape index (κ1) is 15.9. The Labute approximate surface area is 116 Å². The summed E-state index contributed by atoms with van der Waals surface area (Å²) in [7, 11) is 1.56. The Hall–Kier alpha value is -1.17. The van der Waals surface area contributed by atoms with Crippen LogP contribution in [-0.2, 0) is 14.3 Å². The van der Waals surface area contributed by atoms with Gasteiger partial charge in [0.25, 0.3) is 0 Å². The van der Waals surface area contributed by atoms with Gasteiger partial charge in [0.15, 0.2) is 0 Å². The topological polar surface area (TPSA) is 47.6 Å². The van der Waals surface area contributed by atoms with Crippen molar-refractivity contribution in [1.82, 2.24) is 5.32 Å². The lowest BCUT2D eigenvalue weighted by Gasteiger charge is -2.17. The molecule has 1 aromatic rings. The molecule has 0 bridgehead atoms. The number of halogens is 2. The third-order valence-corrected chi connectivity index (χ3v) is 2.61. The van der Waals surface area contributed by atoms with Gasteiger partial charge < -0.3 is 9.47 Å². The van der Waals surface area contributed by atoms with E-state index in [1.165, 1.54) is 18.2 Å². The van der Waals surface area contributed by atoms with Crippen LogP contribution < -0.4 is 5.32 Å². The standard InChI is InChI=1S/C13H17ClFNO3/c1-3-19-13(17)12(16-4-5-18-2)9-6-10(14)8-11(15)7-9/h6-8,12,16H,3-5H2,1-2H3. The zero-order valence-corrected chi connectivity index (χ0v) is 11.7. The molecule has 0 heterocycles. The predicted octanol–water partition coefficient (Wildman–Crippen LogP) is 2.32. The molecule has 106 valence electrons. The second-order valence-electron chi connectivity index (χ2n) is 3.83. The van der Waals surface area contributed by atoms with E-state index in [0.29, 0.717) is 18.7 Å². The van der Waals surface area contributed by atoms with E-state index in [1.54, 1.807) is 14.0 Å². The first-order chi connectivity index (χ1) is 9.08. The third kappa shape index (κ3) is 5.14. The van der Waals surface area contributed by atoms with E-state index < -0.39 is 17.8 Å². The van der Waals surface area contributed by atoms with Crippen molar-refractivity contribution >= 4 is 17.6 Å². The molecule has 1 rings (SSSR count). The van der Waals surface area contributed by atoms with E-state index in [2.05, 4.69) is 5.32 Å². The van der Waals surface area contributed by atoms with E-state index in [0.717, 1.165) is 0 Å². The van der Waals surface area contributed by atoms with Crippen molar-refractivity contribution in [3.8, 4) is 0 Å². The number of ether oxygens (including phenoxy) is 2. The van der Waals surface area contributed by atoms with Crippen LogP contribution in [0.15, 0.2) is 18.2 Å². The maximum atomic E-state index is 13.3. The van der Waals surface area contributed by atoms with Crippen LogP contribution in [0.25, 0.3) is 0 Å². The quantitative estimate of drug-likeness (QED) is 0.618. The molecule has 19 heavy (non-hydrogen) atoms. The number of nitrogens with one attached hydrogen (secondary N) is 1. The summed E-state index contributed by atoms with van der Waals surface area (Å²) < 4.78 is 23.2. The van der Waals surface area contributed by atoms with Crippen LogP contribution in [0.5, 0.6) is 0 Å². The summed E-state index contributed by atoms with van der Waals surface area (Å²) in [6, 6.07) is 3.21. The lowest BCUT2D eigenvalue weighted by Crippen LogP contribution is -2.32. The Morgan fingerprint density at radius 1 is 1.47 bits per heavy atom. The van der Waals surface area contributed by atoms with Crippen molar-refractivity contribution in [3.63, 3.8) is 0 Å². The van der Waals surface area contributed by atoms with Crippen molar-refractivity contribution in [2.75, 3.05) is 26.9 Å². The number of methoxy groups -OCH3 is 1. The second kappa shape index (κ2) is 8.09. The molecule has 0 fully saturated rings. The van der Waals surface area contributed by atoms with Crippen LogP contribution in [0, 0.1) is 5.82 Å². The Bertz CT molecular complexity index is 408. The van der Waals surface area contributed by atoms with E-state index in [-0.39, 0.29) is 11.6 Å². The highest BCUT2D eigenvalue weighted by Gasteiger charge is 2.22. The molecule has 0 spiro atoms. The van der Waals surface area contributed by atoms with Gasteiger partial charge in [0.1, 0.15) is 11.9 Å². The number of carbonyl (C=O) groups is 1. The molecule has 0 aliphatic rings. The molecular weight excluding hydrogens is 273 g/mol. The Kier molecular flexibility index (Phi) is 6.77. The number of carbonyl (C=O) groups excluding carboxylic acids is 1. The molecule has 1 atom stereocenters. The molecule has 1 unspecified atom stereocenters. The molecular formula is C13H17ClFNO3. The Balaban J connectivity index is 2.90. The minimum atomic E-state index is -0.761. The fourth-order valence-electron chi connectivity index (χ4n) is 1.61. The second-order valence-corrected chi connectivity index (χ2v) is 4.27. The van der Waals surface area contributed by atoms with E-state index in [9.17, 15) is 9.18 Å². The maximum Gasteiger partial charge on any atom is 0.327 e. The molecule has 0 aliphatic heterocycles. The third-order valence-electron chi connectivity index (χ3n) is 2.40. The first-order valence-electron chi connectivity index (χ1n) is 5.93. The summed E-state index contributed by atoms with van der Waals surface area (Å²) >= 11 is 5.79. The van der Waals surface area contributed by atoms with E-state index in [1.807, 2.05) is 0 Å². The minimum absolute atomic E-state index is 0.234. The van der Waals surface area contributed by atoms with Gasteiger partial charge in [0.05, 0.1) is 13.2 Å². The smallest absolute Gasteiger partial charge is 0.327 e. The van der Waals surface area contributed by atoms with Crippen molar-refractivity contribution in [3.05, 3.63) is 34.6 Å². The molecule has 6 heteroatoms. The molecule has 0 saturated carbocycles. The molecule has 4 nitrogen and oxygen atoms in total. The maximum absolute atomic E-state index is 13.3. The van der Waals surface area contributed by atoms with Crippen LogP contribution in [0.2, 0.25) is 5.02 Å². The fourth-order valence-corrected chi connectivity index (χ4v) is 1.84.